The predicted molar refractivity (Wildman–Crippen MR) is 130 cm³/mol. The highest BCUT2D eigenvalue weighted by Crippen LogP contribution is 2.40. The van der Waals surface area contributed by atoms with Crippen molar-refractivity contribution < 1.29 is 23.7 Å². The number of rotatable bonds is 5. The number of methoxy groups -OCH3 is 2. The highest BCUT2D eigenvalue weighted by Gasteiger charge is 2.27. The van der Waals surface area contributed by atoms with E-state index in [0.717, 1.165) is 29.2 Å². The highest BCUT2D eigenvalue weighted by molar-refractivity contribution is 7.99. The van der Waals surface area contributed by atoms with E-state index in [1.54, 1.807) is 25.9 Å². The molecule has 0 bridgehead atoms. The first-order valence-electron chi connectivity index (χ1n) is 11.1. The van der Waals surface area contributed by atoms with E-state index in [1.165, 1.54) is 5.56 Å². The molecular formula is C25H27N3O5S. The van der Waals surface area contributed by atoms with Gasteiger partial charge in [-0.2, -0.15) is 16.9 Å². The number of aryl methyl sites for hydroxylation is 1. The Bertz CT molecular complexity index is 1210. The van der Waals surface area contributed by atoms with Crippen LogP contribution < -0.4 is 18.9 Å². The minimum atomic E-state index is -0.0185. The Morgan fingerprint density at radius 2 is 1.91 bits per heavy atom. The van der Waals surface area contributed by atoms with E-state index in [2.05, 4.69) is 17.2 Å². The molecule has 34 heavy (non-hydrogen) atoms. The van der Waals surface area contributed by atoms with Gasteiger partial charge in [0.25, 0.3) is 5.91 Å². The van der Waals surface area contributed by atoms with Gasteiger partial charge in [0.15, 0.2) is 11.5 Å². The average Bonchev–Trinajstić information content (AvgIpc) is 3.41. The highest BCUT2D eigenvalue weighted by atomic mass is 32.2. The summed E-state index contributed by atoms with van der Waals surface area (Å²) in [6, 6.07) is 13.5. The van der Waals surface area contributed by atoms with E-state index in [0.29, 0.717) is 41.2 Å². The van der Waals surface area contributed by atoms with Gasteiger partial charge in [0.05, 0.1) is 19.9 Å². The molecule has 1 saturated heterocycles. The second-order valence-corrected chi connectivity index (χ2v) is 9.47. The zero-order valence-electron chi connectivity index (χ0n) is 19.4. The number of hydrogen-bond donors (Lipinski definition) is 0. The Morgan fingerprint density at radius 1 is 1.06 bits per heavy atom. The van der Waals surface area contributed by atoms with E-state index in [1.807, 2.05) is 47.0 Å². The molecule has 0 saturated carbocycles. The van der Waals surface area contributed by atoms with Crippen LogP contribution in [0.3, 0.4) is 0 Å². The fraction of sp³-hybridized carbons (Fsp3) is 0.360. The Morgan fingerprint density at radius 3 is 2.74 bits per heavy atom. The molecule has 2 aliphatic rings. The van der Waals surface area contributed by atoms with Gasteiger partial charge in [-0.3, -0.25) is 9.48 Å². The van der Waals surface area contributed by atoms with Crippen molar-refractivity contribution in [1.82, 2.24) is 14.7 Å². The van der Waals surface area contributed by atoms with Crippen molar-refractivity contribution in [3.05, 3.63) is 53.7 Å². The van der Waals surface area contributed by atoms with E-state index >= 15 is 0 Å². The number of hydrogen-bond acceptors (Lipinski definition) is 7. The minimum Gasteiger partial charge on any atom is -0.497 e. The van der Waals surface area contributed by atoms with Crippen LogP contribution in [0.2, 0.25) is 0 Å². The molecule has 1 aromatic heterocycles. The number of amides is 1. The van der Waals surface area contributed by atoms with Crippen LogP contribution >= 0.6 is 11.8 Å². The van der Waals surface area contributed by atoms with Gasteiger partial charge in [-0.15, -0.1) is 0 Å². The molecule has 9 heteroatoms. The number of fused-ring (bicyclic) bond motifs is 1. The summed E-state index contributed by atoms with van der Waals surface area (Å²) in [4.78, 5) is 15.4. The number of benzene rings is 2. The summed E-state index contributed by atoms with van der Waals surface area (Å²) in [5.74, 6) is 3.81. The molecule has 1 amide bonds. The van der Waals surface area contributed by atoms with Gasteiger partial charge in [0.1, 0.15) is 17.2 Å². The van der Waals surface area contributed by atoms with Crippen molar-refractivity contribution in [2.75, 3.05) is 39.9 Å². The smallest absolute Gasteiger partial charge is 0.272 e. The molecule has 3 heterocycles. The van der Waals surface area contributed by atoms with E-state index < -0.39 is 0 Å². The monoisotopic (exact) mass is 481 g/mol. The molecule has 8 nitrogen and oxygen atoms in total. The number of carbonyl (C=O) groups is 1. The van der Waals surface area contributed by atoms with Crippen molar-refractivity contribution in [2.45, 2.75) is 11.7 Å². The van der Waals surface area contributed by atoms with Gasteiger partial charge >= 0.3 is 0 Å². The lowest BCUT2D eigenvalue weighted by Gasteiger charge is -2.20. The van der Waals surface area contributed by atoms with Crippen LogP contribution in [0.5, 0.6) is 23.0 Å². The predicted octanol–water partition coefficient (Wildman–Crippen LogP) is 4.15. The van der Waals surface area contributed by atoms with Crippen molar-refractivity contribution in [3.63, 3.8) is 0 Å². The van der Waals surface area contributed by atoms with Crippen LogP contribution in [0.1, 0.15) is 27.7 Å². The number of nitrogens with zero attached hydrogens (tertiary/aromatic N) is 3. The van der Waals surface area contributed by atoms with E-state index in [4.69, 9.17) is 18.9 Å². The van der Waals surface area contributed by atoms with Crippen LogP contribution in [-0.4, -0.2) is 60.4 Å². The van der Waals surface area contributed by atoms with Crippen LogP contribution in [0.4, 0.5) is 0 Å². The Hall–Kier alpha value is -3.33. The summed E-state index contributed by atoms with van der Waals surface area (Å²) >= 11 is 1.87. The molecule has 2 aliphatic heterocycles. The molecule has 5 rings (SSSR count). The van der Waals surface area contributed by atoms with Crippen molar-refractivity contribution in [3.8, 4) is 34.3 Å². The van der Waals surface area contributed by atoms with E-state index in [-0.39, 0.29) is 12.7 Å². The summed E-state index contributed by atoms with van der Waals surface area (Å²) in [7, 11) is 5.03. The van der Waals surface area contributed by atoms with Crippen LogP contribution in [0, 0.1) is 0 Å². The maximum absolute atomic E-state index is 13.5. The summed E-state index contributed by atoms with van der Waals surface area (Å²) in [5.41, 5.74) is 3.21. The normalized spacial score (nSPS) is 17.4. The van der Waals surface area contributed by atoms with Gasteiger partial charge in [-0.05, 0) is 48.4 Å². The lowest BCUT2D eigenvalue weighted by atomic mass is 10.1. The second-order valence-electron chi connectivity index (χ2n) is 8.16. The first kappa shape index (κ1) is 22.5. The van der Waals surface area contributed by atoms with Gasteiger partial charge in [-0.25, -0.2) is 0 Å². The van der Waals surface area contributed by atoms with E-state index in [9.17, 15) is 4.79 Å². The third-order valence-electron chi connectivity index (χ3n) is 6.18. The van der Waals surface area contributed by atoms with Crippen molar-refractivity contribution in [1.29, 1.82) is 0 Å². The third-order valence-corrected chi connectivity index (χ3v) is 7.51. The maximum Gasteiger partial charge on any atom is 0.272 e. The summed E-state index contributed by atoms with van der Waals surface area (Å²) in [6.07, 6.45) is 0.866. The fourth-order valence-corrected chi connectivity index (χ4v) is 5.55. The van der Waals surface area contributed by atoms with Crippen molar-refractivity contribution >= 4 is 17.7 Å². The molecule has 1 fully saturated rings. The summed E-state index contributed by atoms with van der Waals surface area (Å²) in [6.45, 7) is 1.63. The number of carbonyl (C=O) groups excluding carboxylic acids is 1. The number of aromatic nitrogens is 2. The van der Waals surface area contributed by atoms with Gasteiger partial charge in [0.2, 0.25) is 6.79 Å². The molecule has 2 aromatic carbocycles. The zero-order chi connectivity index (χ0) is 23.7. The van der Waals surface area contributed by atoms with Gasteiger partial charge in [0, 0.05) is 36.7 Å². The second kappa shape index (κ2) is 9.50. The Kier molecular flexibility index (Phi) is 6.28. The zero-order valence-corrected chi connectivity index (χ0v) is 20.3. The van der Waals surface area contributed by atoms with Gasteiger partial charge in [-0.1, -0.05) is 6.07 Å². The molecule has 0 aliphatic carbocycles. The SMILES string of the molecule is COc1ccc(OC)c(-c2cc(C(=O)N3CCSC(c4ccc5c(c4)OCO5)CC3)n(C)n2)c1. The average molecular weight is 482 g/mol. The quantitative estimate of drug-likeness (QED) is 0.542. The molecule has 0 spiro atoms. The minimum absolute atomic E-state index is 0.0185. The van der Waals surface area contributed by atoms with Gasteiger partial charge < -0.3 is 23.8 Å². The lowest BCUT2D eigenvalue weighted by molar-refractivity contribution is 0.0755. The number of thioether (sulfide) groups is 1. The standard InChI is InChI=1S/C25H27N3O5S/c1-27-20(14-19(26-27)18-13-17(30-2)5-7-21(18)31-3)25(29)28-9-8-24(34-11-10-28)16-4-6-22-23(12-16)33-15-32-22/h4-7,12-14,24H,8-11,15H2,1-3H3. The first-order valence-corrected chi connectivity index (χ1v) is 12.2. The van der Waals surface area contributed by atoms with Crippen LogP contribution in [-0.2, 0) is 7.05 Å². The lowest BCUT2D eigenvalue weighted by Crippen LogP contribution is -2.34. The van der Waals surface area contributed by atoms with Crippen LogP contribution in [0.15, 0.2) is 42.5 Å². The molecule has 0 radical (unpaired) electrons. The topological polar surface area (TPSA) is 75.1 Å². The molecule has 1 unspecified atom stereocenters. The Balaban J connectivity index is 1.33. The number of ether oxygens (including phenoxy) is 4. The molecular weight excluding hydrogens is 454 g/mol. The Labute approximate surface area is 202 Å². The van der Waals surface area contributed by atoms with Crippen LogP contribution in [0.25, 0.3) is 11.3 Å². The molecule has 178 valence electrons. The fourth-order valence-electron chi connectivity index (χ4n) is 4.33. The molecule has 3 aromatic rings. The maximum atomic E-state index is 13.5. The molecule has 1 atom stereocenters. The first-order chi connectivity index (χ1) is 16.6. The summed E-state index contributed by atoms with van der Waals surface area (Å²) < 4.78 is 23.5. The largest absolute Gasteiger partial charge is 0.497 e. The van der Waals surface area contributed by atoms with Crippen molar-refractivity contribution in [2.24, 2.45) is 7.05 Å². The summed E-state index contributed by atoms with van der Waals surface area (Å²) in [5, 5.41) is 4.90. The third kappa shape index (κ3) is 4.27. The molecule has 0 N–H and O–H groups in total.